The van der Waals surface area contributed by atoms with Gasteiger partial charge < -0.3 is 10.6 Å². The third kappa shape index (κ3) is 3.05. The number of halogens is 3. The van der Waals surface area contributed by atoms with Crippen LogP contribution >= 0.6 is 43.2 Å². The minimum atomic E-state index is -0.344. The molecule has 0 saturated carbocycles. The van der Waals surface area contributed by atoms with Gasteiger partial charge in [0.25, 0.3) is 0 Å². The summed E-state index contributed by atoms with van der Waals surface area (Å²) >= 11 is 8.27. The van der Waals surface area contributed by atoms with E-state index in [9.17, 15) is 4.39 Å². The zero-order chi connectivity index (χ0) is 13.3. The van der Waals surface area contributed by atoms with E-state index in [4.69, 9.17) is 5.73 Å². The summed E-state index contributed by atoms with van der Waals surface area (Å²) in [6, 6.07) is 5.10. The third-order valence-electron chi connectivity index (χ3n) is 2.50. The molecule has 0 unspecified atom stereocenters. The standard InChI is InChI=1S/C12H11Br2FN2S/c1-17(5-8-2-7(13)6-18-8)12-3-9(14)10(15)4-11(12)16/h2-4,6H,5,16H2,1H3. The maximum atomic E-state index is 13.3. The number of hydrogen-bond acceptors (Lipinski definition) is 3. The lowest BCUT2D eigenvalue weighted by Gasteiger charge is -2.20. The van der Waals surface area contributed by atoms with Gasteiger partial charge in [-0.1, -0.05) is 0 Å². The van der Waals surface area contributed by atoms with Crippen LogP contribution in [0.4, 0.5) is 15.8 Å². The highest BCUT2D eigenvalue weighted by Gasteiger charge is 2.11. The van der Waals surface area contributed by atoms with Gasteiger partial charge in [0.15, 0.2) is 0 Å². The van der Waals surface area contributed by atoms with E-state index in [1.165, 1.54) is 10.9 Å². The molecule has 96 valence electrons. The molecule has 6 heteroatoms. The molecule has 0 aliphatic heterocycles. The highest BCUT2D eigenvalue weighted by Crippen LogP contribution is 2.31. The molecule has 18 heavy (non-hydrogen) atoms. The molecule has 2 aromatic rings. The van der Waals surface area contributed by atoms with Gasteiger partial charge in [-0.3, -0.25) is 0 Å². The molecule has 1 heterocycles. The van der Waals surface area contributed by atoms with Crippen LogP contribution in [0.5, 0.6) is 0 Å². The van der Waals surface area contributed by atoms with Crippen molar-refractivity contribution in [3.8, 4) is 0 Å². The average molecular weight is 394 g/mol. The first-order valence-corrected chi connectivity index (χ1v) is 7.62. The second-order valence-corrected chi connectivity index (χ2v) is 6.68. The number of nitrogens with two attached hydrogens (primary N) is 1. The van der Waals surface area contributed by atoms with Crippen LogP contribution in [0.2, 0.25) is 0 Å². The fourth-order valence-electron chi connectivity index (χ4n) is 1.64. The molecule has 0 aliphatic carbocycles. The maximum absolute atomic E-state index is 13.3. The fraction of sp³-hybridized carbons (Fsp3) is 0.167. The van der Waals surface area contributed by atoms with E-state index in [0.29, 0.717) is 10.2 Å². The number of nitrogen functional groups attached to an aromatic ring is 1. The van der Waals surface area contributed by atoms with Gasteiger partial charge in [0.05, 0.1) is 22.4 Å². The van der Waals surface area contributed by atoms with Gasteiger partial charge in [-0.2, -0.15) is 0 Å². The van der Waals surface area contributed by atoms with Crippen molar-refractivity contribution in [1.82, 2.24) is 0 Å². The van der Waals surface area contributed by atoms with Crippen LogP contribution in [0.25, 0.3) is 0 Å². The molecule has 2 nitrogen and oxygen atoms in total. The van der Waals surface area contributed by atoms with Gasteiger partial charge >= 0.3 is 0 Å². The molecule has 2 rings (SSSR count). The maximum Gasteiger partial charge on any atom is 0.139 e. The van der Waals surface area contributed by atoms with Crippen molar-refractivity contribution >= 4 is 54.6 Å². The van der Waals surface area contributed by atoms with E-state index >= 15 is 0 Å². The van der Waals surface area contributed by atoms with Gasteiger partial charge in [-0.15, -0.1) is 11.3 Å². The van der Waals surface area contributed by atoms with Crippen LogP contribution in [0, 0.1) is 5.82 Å². The Labute approximate surface area is 126 Å². The summed E-state index contributed by atoms with van der Waals surface area (Å²) in [5, 5.41) is 2.03. The van der Waals surface area contributed by atoms with E-state index in [1.807, 2.05) is 17.3 Å². The van der Waals surface area contributed by atoms with Crippen molar-refractivity contribution in [1.29, 1.82) is 0 Å². The van der Waals surface area contributed by atoms with Crippen molar-refractivity contribution in [3.05, 3.63) is 43.2 Å². The number of rotatable bonds is 3. The molecule has 0 bridgehead atoms. The van der Waals surface area contributed by atoms with Crippen LogP contribution < -0.4 is 10.6 Å². The molecule has 0 amide bonds. The zero-order valence-corrected chi connectivity index (χ0v) is 13.6. The Bertz CT molecular complexity index is 571. The van der Waals surface area contributed by atoms with Crippen LogP contribution in [-0.2, 0) is 6.54 Å². The van der Waals surface area contributed by atoms with Crippen LogP contribution in [-0.4, -0.2) is 7.05 Å². The van der Waals surface area contributed by atoms with Gasteiger partial charge in [-0.25, -0.2) is 4.39 Å². The molecule has 0 fully saturated rings. The highest BCUT2D eigenvalue weighted by molar-refractivity contribution is 9.10. The Balaban J connectivity index is 2.23. The molecule has 0 atom stereocenters. The van der Waals surface area contributed by atoms with E-state index < -0.39 is 0 Å². The molecule has 1 aromatic heterocycles. The fourth-order valence-corrected chi connectivity index (χ4v) is 3.47. The largest absolute Gasteiger partial charge is 0.397 e. The van der Waals surface area contributed by atoms with Crippen LogP contribution in [0.3, 0.4) is 0 Å². The minimum Gasteiger partial charge on any atom is -0.397 e. The van der Waals surface area contributed by atoms with E-state index in [-0.39, 0.29) is 5.82 Å². The summed E-state index contributed by atoms with van der Waals surface area (Å²) in [6.45, 7) is 0.735. The first-order chi connectivity index (χ1) is 8.47. The Kier molecular flexibility index (Phi) is 4.29. The van der Waals surface area contributed by atoms with Gasteiger partial charge in [0.1, 0.15) is 5.82 Å². The van der Waals surface area contributed by atoms with Crippen LogP contribution in [0.1, 0.15) is 4.88 Å². The second-order valence-electron chi connectivity index (χ2n) is 3.91. The smallest absolute Gasteiger partial charge is 0.139 e. The molecule has 0 saturated heterocycles. The summed E-state index contributed by atoms with van der Waals surface area (Å²) in [7, 11) is 1.93. The summed E-state index contributed by atoms with van der Waals surface area (Å²) in [4.78, 5) is 3.21. The lowest BCUT2D eigenvalue weighted by molar-refractivity contribution is 0.621. The highest BCUT2D eigenvalue weighted by atomic mass is 79.9. The number of anilines is 2. The predicted molar refractivity (Wildman–Crippen MR) is 82.6 cm³/mol. The summed E-state index contributed by atoms with van der Waals surface area (Å²) in [5.41, 5.74) is 7.09. The van der Waals surface area contributed by atoms with Crippen molar-refractivity contribution in [2.75, 3.05) is 17.7 Å². The molecular weight excluding hydrogens is 383 g/mol. The summed E-state index contributed by atoms with van der Waals surface area (Å²) in [6.07, 6.45) is 0. The lowest BCUT2D eigenvalue weighted by Crippen LogP contribution is -2.17. The number of nitrogens with zero attached hydrogens (tertiary/aromatic N) is 1. The first-order valence-electron chi connectivity index (χ1n) is 5.16. The quantitative estimate of drug-likeness (QED) is 0.770. The number of hydrogen-bond donors (Lipinski definition) is 1. The SMILES string of the molecule is CN(Cc1cc(Br)cs1)c1cc(Br)c(F)cc1N. The summed E-state index contributed by atoms with van der Waals surface area (Å²) < 4.78 is 14.8. The van der Waals surface area contributed by atoms with E-state index in [2.05, 4.69) is 37.9 Å². The topological polar surface area (TPSA) is 29.3 Å². The number of thiophene rings is 1. The van der Waals surface area contributed by atoms with Crippen molar-refractivity contribution in [2.24, 2.45) is 0 Å². The normalized spacial score (nSPS) is 10.7. The lowest BCUT2D eigenvalue weighted by atomic mass is 10.2. The Morgan fingerprint density at radius 3 is 2.67 bits per heavy atom. The van der Waals surface area contributed by atoms with Gasteiger partial charge in [-0.05, 0) is 44.0 Å². The van der Waals surface area contributed by atoms with Gasteiger partial charge in [0, 0.05) is 27.8 Å². The number of benzene rings is 1. The molecule has 0 spiro atoms. The zero-order valence-electron chi connectivity index (χ0n) is 9.58. The van der Waals surface area contributed by atoms with Crippen LogP contribution in [0.15, 0.2) is 32.5 Å². The first kappa shape index (κ1) is 13.8. The predicted octanol–water partition coefficient (Wildman–Crippen LogP) is 4.63. The van der Waals surface area contributed by atoms with Crippen molar-refractivity contribution < 1.29 is 4.39 Å². The summed E-state index contributed by atoms with van der Waals surface area (Å²) in [5.74, 6) is -0.344. The third-order valence-corrected chi connectivity index (χ3v) is 4.79. The van der Waals surface area contributed by atoms with E-state index in [1.54, 1.807) is 17.4 Å². The van der Waals surface area contributed by atoms with Gasteiger partial charge in [0.2, 0.25) is 0 Å². The molecule has 0 aliphatic rings. The second kappa shape index (κ2) is 5.59. The minimum absolute atomic E-state index is 0.344. The molecule has 0 radical (unpaired) electrons. The molecular formula is C12H11Br2FN2S. The van der Waals surface area contributed by atoms with E-state index in [0.717, 1.165) is 16.7 Å². The Hall–Kier alpha value is -0.590. The Morgan fingerprint density at radius 1 is 1.33 bits per heavy atom. The monoisotopic (exact) mass is 392 g/mol. The van der Waals surface area contributed by atoms with Crippen molar-refractivity contribution in [3.63, 3.8) is 0 Å². The molecule has 2 N–H and O–H groups in total. The van der Waals surface area contributed by atoms with Crippen molar-refractivity contribution in [2.45, 2.75) is 6.54 Å². The Morgan fingerprint density at radius 2 is 2.06 bits per heavy atom. The molecule has 1 aromatic carbocycles. The average Bonchev–Trinajstić information content (AvgIpc) is 2.69.